The molecule has 2 aromatic heterocycles. The molecule has 0 radical (unpaired) electrons. The molecule has 4 nitrogen and oxygen atoms in total. The van der Waals surface area contributed by atoms with Gasteiger partial charge in [-0.05, 0) is 260 Å². The van der Waals surface area contributed by atoms with Crippen molar-refractivity contribution in [1.29, 1.82) is 0 Å². The second-order valence-corrected chi connectivity index (χ2v) is 39.6. The minimum absolute atomic E-state index is 0.0208. The van der Waals surface area contributed by atoms with Gasteiger partial charge in [-0.15, -0.1) is 0 Å². The topological polar surface area (TPSA) is 16.3 Å². The molecule has 2 aliphatic heterocycles. The third kappa shape index (κ3) is 11.5. The number of para-hydroxylation sites is 2. The smallest absolute Gasteiger partial charge is 0.252 e. The highest BCUT2D eigenvalue weighted by molar-refractivity contribution is 7.00. The van der Waals surface area contributed by atoms with Crippen LogP contribution in [0.15, 0.2) is 237 Å². The average molecular weight is 1420 g/mol. The number of anilines is 6. The fourth-order valence-electron chi connectivity index (χ4n) is 19.2. The predicted molar refractivity (Wildman–Crippen MR) is 471 cm³/mol. The molecule has 0 atom stereocenters. The van der Waals surface area contributed by atoms with Crippen molar-refractivity contribution in [2.45, 2.75) is 207 Å². The number of hydrogen-bond donors (Lipinski definition) is 0. The van der Waals surface area contributed by atoms with Crippen molar-refractivity contribution in [2.75, 3.05) is 9.80 Å². The van der Waals surface area contributed by atoms with Crippen LogP contribution in [0.25, 0.3) is 88.4 Å². The van der Waals surface area contributed by atoms with Gasteiger partial charge in [-0.25, -0.2) is 0 Å². The van der Waals surface area contributed by atoms with Crippen molar-refractivity contribution in [3.63, 3.8) is 0 Å². The number of hydrogen-bond acceptors (Lipinski definition) is 2. The fourth-order valence-corrected chi connectivity index (χ4v) is 19.2. The van der Waals surface area contributed by atoms with E-state index in [0.717, 1.165) is 22.7 Å². The Balaban J connectivity index is 0.930. The molecule has 0 unspecified atom stereocenters. The summed E-state index contributed by atoms with van der Waals surface area (Å²) in [7, 11) is 0. The summed E-state index contributed by atoms with van der Waals surface area (Å²) >= 11 is 0. The highest BCUT2D eigenvalue weighted by Gasteiger charge is 2.46. The van der Waals surface area contributed by atoms with Crippen molar-refractivity contribution in [3.8, 4) is 44.8 Å². The number of rotatable bonds is 7. The van der Waals surface area contributed by atoms with Gasteiger partial charge in [0.2, 0.25) is 0 Å². The third-order valence-electron chi connectivity index (χ3n) is 26.3. The number of fused-ring (bicyclic) bond motifs is 12. The first-order valence-corrected chi connectivity index (χ1v) is 40.3. The van der Waals surface area contributed by atoms with Crippen LogP contribution in [-0.4, -0.2) is 15.8 Å². The zero-order chi connectivity index (χ0) is 76.3. The molecule has 546 valence electrons. The zero-order valence-corrected chi connectivity index (χ0v) is 68.2. The quantitative estimate of drug-likeness (QED) is 0.148. The van der Waals surface area contributed by atoms with Gasteiger partial charge in [-0.1, -0.05) is 278 Å². The van der Waals surface area contributed by atoms with Crippen molar-refractivity contribution in [1.82, 2.24) is 9.13 Å². The molecule has 18 rings (SSSR count). The Morgan fingerprint density at radius 1 is 0.257 bits per heavy atom. The van der Waals surface area contributed by atoms with Gasteiger partial charge in [0, 0.05) is 67.0 Å². The second kappa shape index (κ2) is 24.2. The van der Waals surface area contributed by atoms with E-state index in [9.17, 15) is 0 Å². The molecular weight excluding hydrogens is 1320 g/mol. The first-order chi connectivity index (χ1) is 51.5. The Kier molecular flexibility index (Phi) is 15.7. The molecule has 0 spiro atoms. The first kappa shape index (κ1) is 70.6. The van der Waals surface area contributed by atoms with Gasteiger partial charge in [-0.3, -0.25) is 0 Å². The van der Waals surface area contributed by atoms with Crippen LogP contribution in [0, 0.1) is 0 Å². The lowest BCUT2D eigenvalue weighted by Gasteiger charge is -2.45. The van der Waals surface area contributed by atoms with Crippen molar-refractivity contribution < 1.29 is 0 Å². The normalized spacial score (nSPS) is 16.3. The molecule has 0 bridgehead atoms. The maximum Gasteiger partial charge on any atom is 0.252 e. The molecule has 0 N–H and O–H groups in total. The Hall–Kier alpha value is -10.1. The van der Waals surface area contributed by atoms with Gasteiger partial charge < -0.3 is 18.9 Å². The summed E-state index contributed by atoms with van der Waals surface area (Å²) < 4.78 is 5.07. The maximum atomic E-state index is 2.66. The van der Waals surface area contributed by atoms with Crippen LogP contribution in [0.2, 0.25) is 0 Å². The van der Waals surface area contributed by atoms with Crippen LogP contribution in [0.4, 0.5) is 34.1 Å². The Morgan fingerprint density at radius 2 is 0.596 bits per heavy atom. The Morgan fingerprint density at radius 3 is 0.982 bits per heavy atom. The van der Waals surface area contributed by atoms with E-state index in [1.54, 1.807) is 0 Å². The highest BCUT2D eigenvalue weighted by Crippen LogP contribution is 2.53. The molecule has 5 heteroatoms. The van der Waals surface area contributed by atoms with Gasteiger partial charge in [0.1, 0.15) is 0 Å². The molecule has 109 heavy (non-hydrogen) atoms. The van der Waals surface area contributed by atoms with E-state index in [-0.39, 0.29) is 50.0 Å². The minimum atomic E-state index is -0.171. The van der Waals surface area contributed by atoms with Crippen molar-refractivity contribution in [3.05, 3.63) is 281 Å². The van der Waals surface area contributed by atoms with E-state index in [1.807, 2.05) is 0 Å². The third-order valence-corrected chi connectivity index (χ3v) is 26.3. The van der Waals surface area contributed by atoms with Crippen LogP contribution in [0.3, 0.4) is 0 Å². The van der Waals surface area contributed by atoms with Crippen molar-refractivity contribution in [2.24, 2.45) is 0 Å². The molecule has 0 fully saturated rings. The molecule has 12 aromatic carbocycles. The van der Waals surface area contributed by atoms with Crippen LogP contribution in [0.1, 0.15) is 209 Å². The standard InChI is InChI=1S/C104H107BN4/c1-97(2,3)70-35-47-90-80(60-70)78-25-21-23-27-88(78)108(90)76-41-45-86-92(62-76)106(74-37-29-64(30-38-74)66-33-43-82-84(55-66)103(17,18)51-49-101(82,13)14)94-57-69(68-53-72(99(7,8)9)59-73(54-68)100(10,11)12)58-95-96(94)105(86)87-46-42-77(109-89-28-24-22-26-79(89)81-61-71(98(4,5)6)36-48-91(81)109)63-93(87)107(95)75-39-31-65(32-40-75)67-34-44-83-85(56-67)104(19,20)52-50-102(83,15)16/h21-48,53-63H,49-52H2,1-20H3. The van der Waals surface area contributed by atoms with E-state index < -0.39 is 0 Å². The van der Waals surface area contributed by atoms with Crippen molar-refractivity contribution >= 4 is 101 Å². The number of aromatic nitrogens is 2. The van der Waals surface area contributed by atoms with Gasteiger partial charge in [0.05, 0.1) is 22.1 Å². The SMILES string of the molecule is CC(C)(C)c1cc(-c2cc3c4c(c2)N(c2ccc(-c5ccc6c(c5)C(C)(C)CCC6(C)C)cc2)c2cc(-n5c6ccccc6c6cc(C(C)(C)C)ccc65)ccc2B4c2ccc(-n4c5ccccc5c5cc(C(C)(C)C)ccc54)cc2N3c2ccc(-c3ccc4c(c3)C(C)(C)CCC4(C)C)cc2)cc(C(C)(C)C)c1. The zero-order valence-electron chi connectivity index (χ0n) is 68.2. The van der Waals surface area contributed by atoms with E-state index >= 15 is 0 Å². The lowest BCUT2D eigenvalue weighted by atomic mass is 9.33. The summed E-state index contributed by atoms with van der Waals surface area (Å²) in [6.07, 6.45) is 4.71. The van der Waals surface area contributed by atoms with Crippen LogP contribution in [0.5, 0.6) is 0 Å². The fraction of sp³-hybridized carbons (Fsp3) is 0.308. The summed E-state index contributed by atoms with van der Waals surface area (Å²) in [4.78, 5) is 5.32. The van der Waals surface area contributed by atoms with Gasteiger partial charge in [0.15, 0.2) is 0 Å². The van der Waals surface area contributed by atoms with Gasteiger partial charge in [0.25, 0.3) is 6.71 Å². The number of benzene rings is 12. The average Bonchev–Trinajstić information content (AvgIpc) is 1.54. The summed E-state index contributed by atoms with van der Waals surface area (Å²) in [5.41, 5.74) is 36.5. The molecule has 4 aliphatic rings. The predicted octanol–water partition coefficient (Wildman–Crippen LogP) is 26.9. The largest absolute Gasteiger partial charge is 0.311 e. The molecule has 0 saturated carbocycles. The van der Waals surface area contributed by atoms with Crippen LogP contribution >= 0.6 is 0 Å². The summed E-state index contributed by atoms with van der Waals surface area (Å²) in [6.45, 7) is 47.6. The van der Waals surface area contributed by atoms with E-state index in [4.69, 9.17) is 0 Å². The molecule has 14 aromatic rings. The maximum absolute atomic E-state index is 2.66. The molecule has 2 aliphatic carbocycles. The van der Waals surface area contributed by atoms with E-state index in [1.165, 1.54) is 186 Å². The summed E-state index contributed by atoms with van der Waals surface area (Å²) in [5.74, 6) is 0. The summed E-state index contributed by atoms with van der Waals surface area (Å²) in [5, 5.41) is 5.06. The highest BCUT2D eigenvalue weighted by atomic mass is 15.2. The van der Waals surface area contributed by atoms with E-state index in [0.29, 0.717) is 0 Å². The lowest BCUT2D eigenvalue weighted by molar-refractivity contribution is 0.332. The number of nitrogens with zero attached hydrogens (tertiary/aromatic N) is 4. The Bertz CT molecular complexity index is 5730. The molecular formula is C104H107BN4. The molecule has 0 amide bonds. The Labute approximate surface area is 649 Å². The summed E-state index contributed by atoms with van der Waals surface area (Å²) in [6, 6.07) is 94.1. The van der Waals surface area contributed by atoms with E-state index in [2.05, 4.69) is 394 Å². The van der Waals surface area contributed by atoms with Crippen LogP contribution < -0.4 is 26.2 Å². The molecule has 0 saturated heterocycles. The first-order valence-electron chi connectivity index (χ1n) is 40.3. The second-order valence-electron chi connectivity index (χ2n) is 39.6. The lowest BCUT2D eigenvalue weighted by Crippen LogP contribution is -2.61. The van der Waals surface area contributed by atoms with Gasteiger partial charge in [-0.2, -0.15) is 0 Å². The molecule has 4 heterocycles. The van der Waals surface area contributed by atoms with Crippen LogP contribution in [-0.2, 0) is 43.3 Å². The monoisotopic (exact) mass is 1420 g/mol. The minimum Gasteiger partial charge on any atom is -0.311 e. The van der Waals surface area contributed by atoms with Gasteiger partial charge >= 0.3 is 0 Å².